The molecule has 1 aliphatic rings. The van der Waals surface area contributed by atoms with E-state index >= 15 is 0 Å². The van der Waals surface area contributed by atoms with E-state index in [-0.39, 0.29) is 19.2 Å². The second kappa shape index (κ2) is 11.0. The minimum absolute atomic E-state index is 0.118. The minimum Gasteiger partial charge on any atom is -0.479 e. The van der Waals surface area contributed by atoms with Crippen LogP contribution < -0.4 is 11.1 Å². The summed E-state index contributed by atoms with van der Waals surface area (Å²) in [7, 11) is -4.39. The SMILES string of the molecule is CCCOCCOP(=O)(O)C1=C[C@H](NC(=N)N)[C@@H](C)[C@H]([C@H](O)[C@H](O)CO)O1. The van der Waals surface area contributed by atoms with E-state index in [4.69, 9.17) is 30.2 Å². The molecule has 0 radical (unpaired) electrons. The zero-order valence-electron chi connectivity index (χ0n) is 15.4. The number of nitrogens with two attached hydrogens (primary N) is 1. The molecule has 0 aromatic carbocycles. The summed E-state index contributed by atoms with van der Waals surface area (Å²) in [6.07, 6.45) is -2.15. The Bertz CT molecular complexity index is 561. The summed E-state index contributed by atoms with van der Waals surface area (Å²) >= 11 is 0. The molecule has 0 amide bonds. The minimum atomic E-state index is -4.39. The van der Waals surface area contributed by atoms with Gasteiger partial charge >= 0.3 is 7.60 Å². The third-order valence-corrected chi connectivity index (χ3v) is 5.37. The molecule has 0 saturated carbocycles. The number of nitrogens with one attached hydrogen (secondary N) is 2. The Morgan fingerprint density at radius 1 is 1.44 bits per heavy atom. The Hall–Kier alpha value is -1.20. The van der Waals surface area contributed by atoms with E-state index in [1.54, 1.807) is 6.92 Å². The van der Waals surface area contributed by atoms with Crippen LogP contribution in [-0.4, -0.2) is 77.0 Å². The summed E-state index contributed by atoms with van der Waals surface area (Å²) in [5.41, 5.74) is 4.90. The van der Waals surface area contributed by atoms with E-state index < -0.39 is 50.0 Å². The zero-order chi connectivity index (χ0) is 20.6. The average Bonchev–Trinajstić information content (AvgIpc) is 2.61. The Morgan fingerprint density at radius 3 is 2.67 bits per heavy atom. The first kappa shape index (κ1) is 23.8. The molecule has 1 aliphatic heterocycles. The maximum Gasteiger partial charge on any atom is 0.392 e. The van der Waals surface area contributed by atoms with Gasteiger partial charge in [0.2, 0.25) is 5.50 Å². The van der Waals surface area contributed by atoms with E-state index in [1.165, 1.54) is 6.08 Å². The normalized spacial score (nSPS) is 27.0. The van der Waals surface area contributed by atoms with Gasteiger partial charge in [-0.2, -0.15) is 0 Å². The molecular formula is C15H30N3O8P. The summed E-state index contributed by atoms with van der Waals surface area (Å²) in [6, 6.07) is -0.739. The van der Waals surface area contributed by atoms with E-state index in [2.05, 4.69) is 5.32 Å². The second-order valence-electron chi connectivity index (χ2n) is 6.24. The van der Waals surface area contributed by atoms with Gasteiger partial charge in [0, 0.05) is 12.5 Å². The summed E-state index contributed by atoms with van der Waals surface area (Å²) in [4.78, 5) is 10.2. The molecule has 158 valence electrons. The molecule has 0 saturated heterocycles. The Balaban J connectivity index is 2.97. The highest BCUT2D eigenvalue weighted by atomic mass is 31.2. The van der Waals surface area contributed by atoms with Crippen LogP contribution >= 0.6 is 7.60 Å². The number of aliphatic hydroxyl groups is 3. The summed E-state index contributed by atoms with van der Waals surface area (Å²) < 4.78 is 28.2. The topological polar surface area (TPSA) is 188 Å². The molecule has 27 heavy (non-hydrogen) atoms. The fourth-order valence-corrected chi connectivity index (χ4v) is 3.60. The van der Waals surface area contributed by atoms with Crippen LogP contribution in [-0.2, 0) is 18.6 Å². The lowest BCUT2D eigenvalue weighted by Crippen LogP contribution is -2.54. The van der Waals surface area contributed by atoms with Gasteiger partial charge in [-0.05, 0) is 12.5 Å². The predicted molar refractivity (Wildman–Crippen MR) is 96.9 cm³/mol. The summed E-state index contributed by atoms with van der Waals surface area (Å²) in [5.74, 6) is -0.941. The highest BCUT2D eigenvalue weighted by Crippen LogP contribution is 2.53. The first-order chi connectivity index (χ1) is 12.6. The van der Waals surface area contributed by atoms with Gasteiger partial charge in [-0.15, -0.1) is 0 Å². The first-order valence-corrected chi connectivity index (χ1v) is 10.2. The van der Waals surface area contributed by atoms with Crippen molar-refractivity contribution in [2.75, 3.05) is 26.4 Å². The van der Waals surface area contributed by atoms with Gasteiger partial charge in [-0.3, -0.25) is 9.97 Å². The molecule has 1 heterocycles. The molecule has 1 unspecified atom stereocenters. The number of aliphatic hydroxyl groups excluding tert-OH is 3. The van der Waals surface area contributed by atoms with Crippen LogP contribution in [0.25, 0.3) is 0 Å². The number of hydrogen-bond acceptors (Lipinski definition) is 8. The standard InChI is InChI=1S/C15H30N3O8P/c1-3-4-24-5-6-25-27(22,23)12-7-10(18-15(16)17)9(2)14(26-12)13(21)11(20)8-19/h7,9-11,13-14,19-21H,3-6,8H2,1-2H3,(H,22,23)(H4,16,17,18)/t9-,10+,11-,13-,14-/m1/s1. The van der Waals surface area contributed by atoms with Crippen molar-refractivity contribution in [2.45, 2.75) is 44.6 Å². The van der Waals surface area contributed by atoms with Gasteiger partial charge < -0.3 is 45.3 Å². The number of ether oxygens (including phenoxy) is 2. The van der Waals surface area contributed by atoms with Crippen molar-refractivity contribution < 1.29 is 38.8 Å². The fourth-order valence-electron chi connectivity index (χ4n) is 2.55. The molecule has 0 spiro atoms. The van der Waals surface area contributed by atoms with E-state index in [9.17, 15) is 19.7 Å². The van der Waals surface area contributed by atoms with Gasteiger partial charge in [0.15, 0.2) is 5.96 Å². The monoisotopic (exact) mass is 411 g/mol. The zero-order valence-corrected chi connectivity index (χ0v) is 16.3. The van der Waals surface area contributed by atoms with Crippen LogP contribution in [0.1, 0.15) is 20.3 Å². The molecule has 1 rings (SSSR count). The van der Waals surface area contributed by atoms with Gasteiger partial charge in [0.25, 0.3) is 0 Å². The maximum absolute atomic E-state index is 12.5. The van der Waals surface area contributed by atoms with Crippen LogP contribution in [0.2, 0.25) is 0 Å². The molecule has 8 N–H and O–H groups in total. The van der Waals surface area contributed by atoms with Gasteiger partial charge in [0.1, 0.15) is 18.3 Å². The van der Waals surface area contributed by atoms with Crippen molar-refractivity contribution in [3.8, 4) is 0 Å². The van der Waals surface area contributed by atoms with Crippen LogP contribution in [0.4, 0.5) is 0 Å². The first-order valence-electron chi connectivity index (χ1n) is 8.65. The van der Waals surface area contributed by atoms with Crippen LogP contribution in [0.3, 0.4) is 0 Å². The van der Waals surface area contributed by atoms with E-state index in [1.807, 2.05) is 6.92 Å². The molecule has 0 aromatic heterocycles. The lowest BCUT2D eigenvalue weighted by atomic mass is 9.88. The quantitative estimate of drug-likeness (QED) is 0.0967. The molecular weight excluding hydrogens is 381 g/mol. The molecule has 0 aromatic rings. The molecule has 6 atom stereocenters. The second-order valence-corrected chi connectivity index (χ2v) is 7.98. The third-order valence-electron chi connectivity index (χ3n) is 4.02. The van der Waals surface area contributed by atoms with Crippen LogP contribution in [0.15, 0.2) is 11.6 Å². The van der Waals surface area contributed by atoms with Crippen LogP contribution in [0.5, 0.6) is 0 Å². The Kier molecular flexibility index (Phi) is 9.68. The van der Waals surface area contributed by atoms with Gasteiger partial charge in [-0.25, -0.2) is 0 Å². The van der Waals surface area contributed by atoms with Crippen molar-refractivity contribution in [3.63, 3.8) is 0 Å². The van der Waals surface area contributed by atoms with Gasteiger partial charge in [0.05, 0.1) is 25.9 Å². The van der Waals surface area contributed by atoms with Crippen molar-refractivity contribution in [1.29, 1.82) is 5.41 Å². The summed E-state index contributed by atoms with van der Waals surface area (Å²) in [5, 5.41) is 39.0. The lowest BCUT2D eigenvalue weighted by molar-refractivity contribution is -0.107. The Morgan fingerprint density at radius 2 is 2.11 bits per heavy atom. The van der Waals surface area contributed by atoms with E-state index in [0.29, 0.717) is 6.61 Å². The third kappa shape index (κ3) is 7.04. The average molecular weight is 411 g/mol. The number of rotatable bonds is 11. The highest BCUT2D eigenvalue weighted by molar-refractivity contribution is 7.57. The van der Waals surface area contributed by atoms with E-state index in [0.717, 1.165) is 6.42 Å². The fraction of sp³-hybridized carbons (Fsp3) is 0.800. The lowest BCUT2D eigenvalue weighted by Gasteiger charge is -2.39. The Labute approximate surface area is 158 Å². The largest absolute Gasteiger partial charge is 0.479 e. The smallest absolute Gasteiger partial charge is 0.392 e. The van der Waals surface area contributed by atoms with Crippen molar-refractivity contribution in [1.82, 2.24) is 5.32 Å². The highest BCUT2D eigenvalue weighted by Gasteiger charge is 2.44. The molecule has 12 heteroatoms. The summed E-state index contributed by atoms with van der Waals surface area (Å²) in [6.45, 7) is 3.29. The number of guanidine groups is 1. The number of hydrogen-bond donors (Lipinski definition) is 7. The maximum atomic E-state index is 12.5. The predicted octanol–water partition coefficient (Wildman–Crippen LogP) is -0.943. The molecule has 0 aliphatic carbocycles. The molecule has 0 bridgehead atoms. The van der Waals surface area contributed by atoms with Crippen molar-refractivity contribution in [3.05, 3.63) is 11.6 Å². The van der Waals surface area contributed by atoms with Crippen LogP contribution in [0, 0.1) is 11.3 Å². The van der Waals surface area contributed by atoms with Crippen molar-refractivity contribution >= 4 is 13.6 Å². The van der Waals surface area contributed by atoms with Crippen molar-refractivity contribution in [2.24, 2.45) is 11.7 Å². The molecule has 0 fully saturated rings. The molecule has 11 nitrogen and oxygen atoms in total. The van der Waals surface area contributed by atoms with Gasteiger partial charge in [-0.1, -0.05) is 13.8 Å².